The molecule has 2 N–H and O–H groups in total. The van der Waals surface area contributed by atoms with Gasteiger partial charge in [-0.15, -0.1) is 0 Å². The minimum Gasteiger partial charge on any atom is -0.481 e. The van der Waals surface area contributed by atoms with Crippen molar-refractivity contribution < 1.29 is 20.0 Å². The molecule has 0 radical (unpaired) electrons. The third-order valence-electron chi connectivity index (χ3n) is 3.84. The van der Waals surface area contributed by atoms with Crippen molar-refractivity contribution in [2.45, 2.75) is 96.5 Å². The summed E-state index contributed by atoms with van der Waals surface area (Å²) in [7, 11) is 0. The van der Waals surface area contributed by atoms with E-state index in [2.05, 4.69) is 17.9 Å². The van der Waals surface area contributed by atoms with E-state index in [0.29, 0.717) is 0 Å². The third-order valence-corrected chi connectivity index (χ3v) is 3.84. The predicted octanol–water partition coefficient (Wildman–Crippen LogP) is 5.58. The molecule has 0 aliphatic heterocycles. The lowest BCUT2D eigenvalue weighted by Gasteiger charge is -2.08. The van der Waals surface area contributed by atoms with Gasteiger partial charge in [-0.05, 0) is 25.7 Å². The van der Waals surface area contributed by atoms with Crippen LogP contribution >= 0.6 is 0 Å². The van der Waals surface area contributed by atoms with Crippen molar-refractivity contribution in [1.29, 1.82) is 0 Å². The molecule has 0 aliphatic rings. The van der Waals surface area contributed by atoms with Crippen molar-refractivity contribution in [3.8, 4) is 0 Å². The van der Waals surface area contributed by atoms with Crippen molar-refractivity contribution in [2.24, 2.45) is 0 Å². The Morgan fingerprint density at radius 1 is 1.00 bits per heavy atom. The first kappa shape index (κ1) is 21.1. The molecule has 0 spiro atoms. The zero-order valence-electron chi connectivity index (χ0n) is 14.1. The van der Waals surface area contributed by atoms with E-state index in [4.69, 9.17) is 10.4 Å². The van der Waals surface area contributed by atoms with Crippen LogP contribution in [0.15, 0.2) is 12.2 Å². The van der Waals surface area contributed by atoms with Crippen LogP contribution in [0.4, 0.5) is 0 Å². The lowest BCUT2D eigenvalue weighted by atomic mass is 10.1. The molecule has 4 nitrogen and oxygen atoms in total. The Balaban J connectivity index is 3.48. The lowest BCUT2D eigenvalue weighted by Crippen LogP contribution is -2.06. The second-order valence-electron chi connectivity index (χ2n) is 5.98. The van der Waals surface area contributed by atoms with Gasteiger partial charge < -0.3 is 5.11 Å². The van der Waals surface area contributed by atoms with Crippen LogP contribution in [0.1, 0.15) is 90.4 Å². The van der Waals surface area contributed by atoms with Crippen LogP contribution in [0.5, 0.6) is 0 Å². The highest BCUT2D eigenvalue weighted by Crippen LogP contribution is 2.11. The summed E-state index contributed by atoms with van der Waals surface area (Å²) in [6.45, 7) is 2.23. The maximum absolute atomic E-state index is 10.4. The number of allylic oxidation sites excluding steroid dienone is 1. The fourth-order valence-electron chi connectivity index (χ4n) is 2.45. The minimum atomic E-state index is -0.728. The van der Waals surface area contributed by atoms with Gasteiger partial charge in [-0.25, -0.2) is 4.89 Å². The van der Waals surface area contributed by atoms with E-state index >= 15 is 0 Å². The van der Waals surface area contributed by atoms with E-state index < -0.39 is 5.97 Å². The van der Waals surface area contributed by atoms with Crippen molar-refractivity contribution in [3.05, 3.63) is 12.2 Å². The van der Waals surface area contributed by atoms with Gasteiger partial charge in [-0.3, -0.25) is 10.1 Å². The Morgan fingerprint density at radius 3 is 2.32 bits per heavy atom. The van der Waals surface area contributed by atoms with Crippen molar-refractivity contribution >= 4 is 5.97 Å². The maximum Gasteiger partial charge on any atom is 0.303 e. The third kappa shape index (κ3) is 15.5. The van der Waals surface area contributed by atoms with Crippen molar-refractivity contribution in [1.82, 2.24) is 0 Å². The van der Waals surface area contributed by atoms with Crippen LogP contribution in [0.2, 0.25) is 0 Å². The van der Waals surface area contributed by atoms with Gasteiger partial charge in [0.1, 0.15) is 6.10 Å². The van der Waals surface area contributed by atoms with E-state index in [9.17, 15) is 4.79 Å². The quantitative estimate of drug-likeness (QED) is 0.169. The average molecular weight is 314 g/mol. The molecule has 1 unspecified atom stereocenters. The molecule has 22 heavy (non-hydrogen) atoms. The molecule has 0 fully saturated rings. The summed E-state index contributed by atoms with van der Waals surface area (Å²) in [5.41, 5.74) is 0. The molecule has 4 heteroatoms. The molecule has 0 heterocycles. The van der Waals surface area contributed by atoms with E-state index in [1.54, 1.807) is 0 Å². The largest absolute Gasteiger partial charge is 0.481 e. The predicted molar refractivity (Wildman–Crippen MR) is 90.0 cm³/mol. The van der Waals surface area contributed by atoms with Crippen LogP contribution in [0.3, 0.4) is 0 Å². The van der Waals surface area contributed by atoms with Crippen LogP contribution in [0.25, 0.3) is 0 Å². The maximum atomic E-state index is 10.4. The van der Waals surface area contributed by atoms with Gasteiger partial charge in [0.05, 0.1) is 0 Å². The number of hydrogen-bond donors (Lipinski definition) is 2. The van der Waals surface area contributed by atoms with E-state index in [1.165, 1.54) is 38.5 Å². The highest BCUT2D eigenvalue weighted by atomic mass is 17.1. The molecule has 130 valence electrons. The molecule has 0 saturated carbocycles. The van der Waals surface area contributed by atoms with Gasteiger partial charge in [-0.2, -0.15) is 0 Å². The van der Waals surface area contributed by atoms with Crippen LogP contribution in [0, 0.1) is 0 Å². The van der Waals surface area contributed by atoms with E-state index in [-0.39, 0.29) is 12.5 Å². The fourth-order valence-corrected chi connectivity index (χ4v) is 2.45. The summed E-state index contributed by atoms with van der Waals surface area (Å²) in [5, 5.41) is 17.4. The SMILES string of the molecule is CCCCCCCC/C=C\C(CCCCCCC(=O)O)OO. The first-order valence-electron chi connectivity index (χ1n) is 8.89. The Kier molecular flexibility index (Phi) is 15.8. The highest BCUT2D eigenvalue weighted by Gasteiger charge is 2.04. The average Bonchev–Trinajstić information content (AvgIpc) is 2.50. The smallest absolute Gasteiger partial charge is 0.303 e. The number of hydrogen-bond acceptors (Lipinski definition) is 3. The molecule has 0 aliphatic carbocycles. The standard InChI is InChI=1S/C18H34O4/c1-2-3-4-5-6-7-8-11-14-17(22-21)15-12-9-10-13-16-18(19)20/h11,14,17,21H,2-10,12-13,15-16H2,1H3,(H,19,20)/b14-11-. The molecular formula is C18H34O4. The summed E-state index contributed by atoms with van der Waals surface area (Å²) in [5.74, 6) is -0.728. The molecule has 0 amide bonds. The van der Waals surface area contributed by atoms with Crippen molar-refractivity contribution in [2.75, 3.05) is 0 Å². The summed E-state index contributed by atoms with van der Waals surface area (Å²) in [4.78, 5) is 14.8. The van der Waals surface area contributed by atoms with Crippen LogP contribution < -0.4 is 0 Å². The Bertz CT molecular complexity index is 276. The monoisotopic (exact) mass is 314 g/mol. The van der Waals surface area contributed by atoms with E-state index in [1.807, 2.05) is 6.08 Å². The number of aliphatic carboxylic acids is 1. The second kappa shape index (κ2) is 16.5. The summed E-state index contributed by atoms with van der Waals surface area (Å²) < 4.78 is 0. The topological polar surface area (TPSA) is 66.8 Å². The number of carboxylic acid groups (broad SMARTS) is 1. The van der Waals surface area contributed by atoms with Crippen molar-refractivity contribution in [3.63, 3.8) is 0 Å². The lowest BCUT2D eigenvalue weighted by molar-refractivity contribution is -0.267. The van der Waals surface area contributed by atoms with Crippen LogP contribution in [-0.4, -0.2) is 22.4 Å². The summed E-state index contributed by atoms with van der Waals surface area (Å²) in [6, 6.07) is 0. The molecular weight excluding hydrogens is 280 g/mol. The number of carbonyl (C=O) groups is 1. The van der Waals surface area contributed by atoms with Crippen LogP contribution in [-0.2, 0) is 9.68 Å². The minimum absolute atomic E-state index is 0.223. The van der Waals surface area contributed by atoms with Gasteiger partial charge in [0.15, 0.2) is 0 Å². The van der Waals surface area contributed by atoms with E-state index in [0.717, 1.165) is 38.5 Å². The fraction of sp³-hybridized carbons (Fsp3) is 0.833. The first-order chi connectivity index (χ1) is 10.7. The normalized spacial score (nSPS) is 12.8. The molecule has 0 aromatic heterocycles. The molecule has 0 aromatic carbocycles. The van der Waals surface area contributed by atoms with Gasteiger partial charge >= 0.3 is 5.97 Å². The Morgan fingerprint density at radius 2 is 1.64 bits per heavy atom. The Labute approximate surface area is 135 Å². The molecule has 0 bridgehead atoms. The highest BCUT2D eigenvalue weighted by molar-refractivity contribution is 5.66. The number of rotatable bonds is 16. The van der Waals surface area contributed by atoms with Gasteiger partial charge in [0.2, 0.25) is 0 Å². The summed E-state index contributed by atoms with van der Waals surface area (Å²) in [6.07, 6.45) is 17.3. The molecule has 1 atom stereocenters. The molecule has 0 saturated heterocycles. The Hall–Kier alpha value is -0.870. The van der Waals surface area contributed by atoms with Gasteiger partial charge in [-0.1, -0.05) is 70.4 Å². The first-order valence-corrected chi connectivity index (χ1v) is 8.89. The second-order valence-corrected chi connectivity index (χ2v) is 5.98. The van der Waals surface area contributed by atoms with Gasteiger partial charge in [0, 0.05) is 6.42 Å². The van der Waals surface area contributed by atoms with Gasteiger partial charge in [0.25, 0.3) is 0 Å². The zero-order chi connectivity index (χ0) is 16.5. The number of unbranched alkanes of at least 4 members (excludes halogenated alkanes) is 9. The molecule has 0 rings (SSSR count). The number of carboxylic acids is 1. The summed E-state index contributed by atoms with van der Waals surface area (Å²) >= 11 is 0. The molecule has 0 aromatic rings. The zero-order valence-corrected chi connectivity index (χ0v) is 14.1.